The average molecular weight is 279 g/mol. The summed E-state index contributed by atoms with van der Waals surface area (Å²) < 4.78 is 10.2. The zero-order valence-electron chi connectivity index (χ0n) is 12.4. The van der Waals surface area contributed by atoms with Gasteiger partial charge in [-0.2, -0.15) is 0 Å². The van der Waals surface area contributed by atoms with Gasteiger partial charge in [0.1, 0.15) is 5.75 Å². The SMILES string of the molecule is CCCC(=O)Nc1ccc(C)c(O[C@H](C)C(=O)OC)c1. The Kier molecular flexibility index (Phi) is 6.03. The van der Waals surface area contributed by atoms with Crippen LogP contribution in [0.2, 0.25) is 0 Å². The van der Waals surface area contributed by atoms with Crippen molar-refractivity contribution in [2.24, 2.45) is 0 Å². The summed E-state index contributed by atoms with van der Waals surface area (Å²) in [7, 11) is 1.32. The summed E-state index contributed by atoms with van der Waals surface area (Å²) in [5.41, 5.74) is 1.54. The lowest BCUT2D eigenvalue weighted by atomic mass is 10.2. The molecule has 1 atom stereocenters. The number of methoxy groups -OCH3 is 1. The minimum atomic E-state index is -0.694. The van der Waals surface area contributed by atoms with Crippen LogP contribution in [0.5, 0.6) is 5.75 Å². The van der Waals surface area contributed by atoms with Crippen LogP contribution in [-0.4, -0.2) is 25.1 Å². The summed E-state index contributed by atoms with van der Waals surface area (Å²) in [5.74, 6) is 0.0744. The molecule has 1 aromatic carbocycles. The number of anilines is 1. The van der Waals surface area contributed by atoms with Crippen LogP contribution in [0.1, 0.15) is 32.3 Å². The summed E-state index contributed by atoms with van der Waals surface area (Å²) in [5, 5.41) is 2.79. The Morgan fingerprint density at radius 1 is 1.35 bits per heavy atom. The van der Waals surface area contributed by atoms with Gasteiger partial charge in [-0.3, -0.25) is 4.79 Å². The van der Waals surface area contributed by atoms with E-state index in [9.17, 15) is 9.59 Å². The molecule has 5 nitrogen and oxygen atoms in total. The molecule has 20 heavy (non-hydrogen) atoms. The van der Waals surface area contributed by atoms with Crippen molar-refractivity contribution in [1.29, 1.82) is 0 Å². The van der Waals surface area contributed by atoms with Crippen LogP contribution in [0.4, 0.5) is 5.69 Å². The molecule has 0 spiro atoms. The highest BCUT2D eigenvalue weighted by Gasteiger charge is 2.16. The first kappa shape index (κ1) is 16.0. The van der Waals surface area contributed by atoms with Gasteiger partial charge in [-0.25, -0.2) is 4.79 Å². The van der Waals surface area contributed by atoms with E-state index in [1.165, 1.54) is 7.11 Å². The van der Waals surface area contributed by atoms with E-state index in [0.717, 1.165) is 12.0 Å². The molecule has 0 aliphatic heterocycles. The number of benzene rings is 1. The van der Waals surface area contributed by atoms with Gasteiger partial charge in [-0.15, -0.1) is 0 Å². The van der Waals surface area contributed by atoms with Crippen LogP contribution in [0, 0.1) is 6.92 Å². The Hall–Kier alpha value is -2.04. The fourth-order valence-corrected chi connectivity index (χ4v) is 1.66. The van der Waals surface area contributed by atoms with Gasteiger partial charge in [-0.05, 0) is 31.9 Å². The number of hydrogen-bond donors (Lipinski definition) is 1. The van der Waals surface area contributed by atoms with E-state index in [2.05, 4.69) is 10.1 Å². The van der Waals surface area contributed by atoms with E-state index in [0.29, 0.717) is 17.9 Å². The van der Waals surface area contributed by atoms with E-state index in [-0.39, 0.29) is 5.91 Å². The van der Waals surface area contributed by atoms with Crippen molar-refractivity contribution in [3.8, 4) is 5.75 Å². The first-order valence-electron chi connectivity index (χ1n) is 6.63. The molecule has 0 saturated carbocycles. The van der Waals surface area contributed by atoms with E-state index in [1.807, 2.05) is 19.9 Å². The first-order valence-corrected chi connectivity index (χ1v) is 6.63. The number of amides is 1. The molecule has 0 heterocycles. The number of rotatable bonds is 6. The molecule has 0 radical (unpaired) electrons. The molecule has 1 N–H and O–H groups in total. The quantitative estimate of drug-likeness (QED) is 0.813. The maximum Gasteiger partial charge on any atom is 0.346 e. The number of nitrogens with one attached hydrogen (secondary N) is 1. The Labute approximate surface area is 119 Å². The van der Waals surface area contributed by atoms with Gasteiger partial charge in [0.15, 0.2) is 6.10 Å². The van der Waals surface area contributed by atoms with E-state index >= 15 is 0 Å². The average Bonchev–Trinajstić information content (AvgIpc) is 2.41. The van der Waals surface area contributed by atoms with Crippen molar-refractivity contribution in [3.63, 3.8) is 0 Å². The number of aryl methyl sites for hydroxylation is 1. The zero-order valence-corrected chi connectivity index (χ0v) is 12.4. The molecule has 1 amide bonds. The largest absolute Gasteiger partial charge is 0.479 e. The Bertz CT molecular complexity index is 485. The summed E-state index contributed by atoms with van der Waals surface area (Å²) in [6.45, 7) is 5.44. The smallest absolute Gasteiger partial charge is 0.346 e. The molecule has 1 aromatic rings. The van der Waals surface area contributed by atoms with Crippen molar-refractivity contribution in [3.05, 3.63) is 23.8 Å². The normalized spacial score (nSPS) is 11.6. The van der Waals surface area contributed by atoms with Gasteiger partial charge in [-0.1, -0.05) is 13.0 Å². The Morgan fingerprint density at radius 3 is 2.65 bits per heavy atom. The second kappa shape index (κ2) is 7.53. The van der Waals surface area contributed by atoms with Crippen LogP contribution in [0.15, 0.2) is 18.2 Å². The number of carbonyl (C=O) groups is 2. The van der Waals surface area contributed by atoms with Crippen molar-refractivity contribution in [2.45, 2.75) is 39.7 Å². The van der Waals surface area contributed by atoms with Gasteiger partial charge < -0.3 is 14.8 Å². The third-order valence-corrected chi connectivity index (χ3v) is 2.79. The number of esters is 1. The molecule has 0 aliphatic carbocycles. The van der Waals surface area contributed by atoms with E-state index in [4.69, 9.17) is 4.74 Å². The predicted octanol–water partition coefficient (Wildman–Crippen LogP) is 2.67. The van der Waals surface area contributed by atoms with Crippen molar-refractivity contribution >= 4 is 17.6 Å². The van der Waals surface area contributed by atoms with Crippen LogP contribution >= 0.6 is 0 Å². The lowest BCUT2D eigenvalue weighted by Gasteiger charge is -2.15. The molecular formula is C15H21NO4. The molecule has 5 heteroatoms. The summed E-state index contributed by atoms with van der Waals surface area (Å²) >= 11 is 0. The summed E-state index contributed by atoms with van der Waals surface area (Å²) in [6, 6.07) is 5.35. The highest BCUT2D eigenvalue weighted by molar-refractivity contribution is 5.90. The molecule has 0 aromatic heterocycles. The van der Waals surface area contributed by atoms with Gasteiger partial charge >= 0.3 is 5.97 Å². The first-order chi connectivity index (χ1) is 9.47. The monoisotopic (exact) mass is 279 g/mol. The van der Waals surface area contributed by atoms with E-state index < -0.39 is 12.1 Å². The van der Waals surface area contributed by atoms with Gasteiger partial charge in [0, 0.05) is 18.2 Å². The maximum atomic E-state index is 11.6. The predicted molar refractivity (Wildman–Crippen MR) is 76.8 cm³/mol. The third-order valence-electron chi connectivity index (χ3n) is 2.79. The van der Waals surface area contributed by atoms with Gasteiger partial charge in [0.2, 0.25) is 5.91 Å². The molecule has 0 bridgehead atoms. The summed E-state index contributed by atoms with van der Waals surface area (Å²) in [6.07, 6.45) is 0.573. The fraction of sp³-hybridized carbons (Fsp3) is 0.467. The zero-order chi connectivity index (χ0) is 15.1. The molecule has 0 aliphatic rings. The van der Waals surface area contributed by atoms with E-state index in [1.54, 1.807) is 19.1 Å². The molecule has 0 saturated heterocycles. The minimum absolute atomic E-state index is 0.0386. The van der Waals surface area contributed by atoms with Crippen LogP contribution in [-0.2, 0) is 14.3 Å². The van der Waals surface area contributed by atoms with Crippen LogP contribution in [0.3, 0.4) is 0 Å². The minimum Gasteiger partial charge on any atom is -0.479 e. The highest BCUT2D eigenvalue weighted by atomic mass is 16.6. The van der Waals surface area contributed by atoms with Crippen molar-refractivity contribution in [1.82, 2.24) is 0 Å². The Morgan fingerprint density at radius 2 is 2.05 bits per heavy atom. The molecule has 110 valence electrons. The second-order valence-electron chi connectivity index (χ2n) is 4.56. The van der Waals surface area contributed by atoms with Gasteiger partial charge in [0.05, 0.1) is 7.11 Å². The summed E-state index contributed by atoms with van der Waals surface area (Å²) in [4.78, 5) is 22.9. The topological polar surface area (TPSA) is 64.6 Å². The number of ether oxygens (including phenoxy) is 2. The Balaban J connectivity index is 2.81. The third kappa shape index (κ3) is 4.57. The molecule has 0 fully saturated rings. The van der Waals surface area contributed by atoms with Crippen LogP contribution < -0.4 is 10.1 Å². The van der Waals surface area contributed by atoms with Crippen molar-refractivity contribution in [2.75, 3.05) is 12.4 Å². The molecular weight excluding hydrogens is 258 g/mol. The highest BCUT2D eigenvalue weighted by Crippen LogP contribution is 2.24. The molecule has 1 rings (SSSR count). The second-order valence-corrected chi connectivity index (χ2v) is 4.56. The van der Waals surface area contributed by atoms with Crippen molar-refractivity contribution < 1.29 is 19.1 Å². The van der Waals surface area contributed by atoms with Gasteiger partial charge in [0.25, 0.3) is 0 Å². The standard InChI is InChI=1S/C15H21NO4/c1-5-6-14(17)16-12-8-7-10(2)13(9-12)20-11(3)15(18)19-4/h7-9,11H,5-6H2,1-4H3,(H,16,17)/t11-/m1/s1. The number of hydrogen-bond acceptors (Lipinski definition) is 4. The maximum absolute atomic E-state index is 11.6. The molecule has 0 unspecified atom stereocenters. The lowest BCUT2D eigenvalue weighted by molar-refractivity contribution is -0.147. The number of carbonyl (C=O) groups excluding carboxylic acids is 2. The fourth-order valence-electron chi connectivity index (χ4n) is 1.66. The lowest BCUT2D eigenvalue weighted by Crippen LogP contribution is -2.25. The van der Waals surface area contributed by atoms with Crippen LogP contribution in [0.25, 0.3) is 0 Å².